The average molecular weight is 1810 g/mol. The summed E-state index contributed by atoms with van der Waals surface area (Å²) in [6, 6.07) is 24.0. The minimum atomic E-state index is -1.06. The SMILES string of the molecule is CC1CCC2(/C=C/c3ccc4ccc(nc4c3)C(C)NC(=O)C3CCCN(N3)C(=O)C(C)NC(=O)C(C(C)C)OC2=O)CC1.CC1CCC2(/C=C/c3ccc4ccc(nc4c3)[C@@H](C)NC(=O)[C@@H]3CCCN(N3)C(=O)[C@H](C)NC(=O)[C@H](C(C)C)OC2=O)CC1.CC1CCC2(/C=C/c3ccc4ccc(nc4c3)[C@@H](C)NC(=O)[C@@H]3CCCN(N3)C(=O)[C@H](C)NC(=O)[C@H](C(C)C)OC2=O)CC1. The third kappa shape index (κ3) is 23.4. The number of hydrogen-bond acceptors (Lipinski definition) is 21. The van der Waals surface area contributed by atoms with E-state index < -0.39 is 106 Å². The standard InChI is InChI=1S/3C34H45N5O5/c3*1-20(2)29-31(41)36-23(5)32(42)39-18-6-7-27(38-39)30(40)35-22(4)26-11-10-25-9-8-24(19-28(25)37-26)14-17-34(33(43)44-29)15-12-21(3)13-16-34/h3*8-11,14,17,19-23,27,29,38H,6-7,12-13,15-16,18H2,1-5H3,(H,35,40)(H,36,41)/b3*17-14+/t2*21?,22-,23+,27+,29+,34?;/m11./s1. The molecule has 3 aliphatic carbocycles. The molecule has 12 atom stereocenters. The van der Waals surface area contributed by atoms with E-state index in [1.807, 2.05) is 190 Å². The van der Waals surface area contributed by atoms with Crippen molar-refractivity contribution in [3.8, 4) is 0 Å². The molecule has 3 saturated heterocycles. The zero-order valence-electron chi connectivity index (χ0n) is 79.2. The van der Waals surface area contributed by atoms with Gasteiger partial charge in [-0.1, -0.05) is 153 Å². The monoisotopic (exact) mass is 1810 g/mol. The van der Waals surface area contributed by atoms with Crippen molar-refractivity contribution in [3.05, 3.63) is 143 Å². The van der Waals surface area contributed by atoms with Crippen molar-refractivity contribution < 1.29 is 71.7 Å². The quantitative estimate of drug-likeness (QED) is 0.0587. The van der Waals surface area contributed by atoms with Crippen molar-refractivity contribution in [1.29, 1.82) is 0 Å². The van der Waals surface area contributed by atoms with E-state index >= 15 is 0 Å². The van der Waals surface area contributed by atoms with Crippen LogP contribution in [-0.2, 0) is 71.7 Å². The lowest BCUT2D eigenvalue weighted by Gasteiger charge is -2.37. The first-order valence-corrected chi connectivity index (χ1v) is 47.8. The summed E-state index contributed by atoms with van der Waals surface area (Å²) in [6.45, 7) is 29.2. The lowest BCUT2D eigenvalue weighted by atomic mass is 9.70. The summed E-state index contributed by atoms with van der Waals surface area (Å²) in [7, 11) is 0. The Morgan fingerprint density at radius 1 is 0.311 bits per heavy atom. The van der Waals surface area contributed by atoms with Crippen molar-refractivity contribution in [1.82, 2.24) is 78.2 Å². The highest BCUT2D eigenvalue weighted by atomic mass is 16.6. The molecule has 708 valence electrons. The maximum Gasteiger partial charge on any atom is 0.316 e. The van der Waals surface area contributed by atoms with Crippen LogP contribution in [-0.4, -0.2) is 175 Å². The number of rotatable bonds is 3. The molecule has 15 rings (SSSR count). The number of benzene rings is 3. The fourth-order valence-electron chi connectivity index (χ4n) is 18.9. The van der Waals surface area contributed by atoms with E-state index in [0.717, 1.165) is 105 Å². The first-order chi connectivity index (χ1) is 62.9. The second-order valence-electron chi connectivity index (χ2n) is 39.6. The molecule has 6 fully saturated rings. The Labute approximate surface area is 774 Å². The van der Waals surface area contributed by atoms with Crippen LogP contribution >= 0.6 is 0 Å². The van der Waals surface area contributed by atoms with E-state index in [-0.39, 0.29) is 71.3 Å². The summed E-state index contributed by atoms with van der Waals surface area (Å²) >= 11 is 0. The highest BCUT2D eigenvalue weighted by molar-refractivity contribution is 5.96. The van der Waals surface area contributed by atoms with E-state index in [9.17, 15) is 57.5 Å². The molecule has 132 heavy (non-hydrogen) atoms. The van der Waals surface area contributed by atoms with E-state index in [1.54, 1.807) is 20.8 Å². The molecule has 30 nitrogen and oxygen atoms in total. The van der Waals surface area contributed by atoms with E-state index in [4.69, 9.17) is 29.2 Å². The van der Waals surface area contributed by atoms with Crippen LogP contribution in [0.3, 0.4) is 0 Å². The highest BCUT2D eigenvalue weighted by Crippen LogP contribution is 2.46. The van der Waals surface area contributed by atoms with Gasteiger partial charge in [0.1, 0.15) is 36.3 Å². The van der Waals surface area contributed by atoms with Gasteiger partial charge in [0.05, 0.1) is 68.0 Å². The fourth-order valence-corrected chi connectivity index (χ4v) is 18.9. The largest absolute Gasteiger partial charge is 0.451 e. The smallest absolute Gasteiger partial charge is 0.316 e. The minimum absolute atomic E-state index is 0.227. The molecule has 3 aromatic heterocycles. The minimum Gasteiger partial charge on any atom is -0.451 e. The topological polar surface area (TPSA) is 389 Å². The van der Waals surface area contributed by atoms with Gasteiger partial charge in [-0.15, -0.1) is 0 Å². The summed E-state index contributed by atoms with van der Waals surface area (Å²) in [5.41, 5.74) is 13.8. The number of esters is 3. The van der Waals surface area contributed by atoms with Crippen molar-refractivity contribution in [2.24, 2.45) is 51.8 Å². The average Bonchev–Trinajstić information content (AvgIpc) is 1.15. The van der Waals surface area contributed by atoms with E-state index in [0.29, 0.717) is 114 Å². The Hall–Kier alpha value is -11.4. The maximum atomic E-state index is 14.0. The van der Waals surface area contributed by atoms with Gasteiger partial charge in [0.25, 0.3) is 35.4 Å². The molecule has 6 aliphatic heterocycles. The summed E-state index contributed by atoms with van der Waals surface area (Å²) in [5.74, 6) is -4.01. The van der Waals surface area contributed by atoms with Crippen molar-refractivity contribution in [2.75, 3.05) is 19.6 Å². The van der Waals surface area contributed by atoms with Gasteiger partial charge in [0, 0.05) is 35.8 Å². The number of ether oxygens (including phenoxy) is 3. The second-order valence-corrected chi connectivity index (χ2v) is 39.6. The number of nitrogens with one attached hydrogen (secondary N) is 9. The maximum absolute atomic E-state index is 14.0. The predicted octanol–water partition coefficient (Wildman–Crippen LogP) is 12.6. The lowest BCUT2D eigenvalue weighted by Crippen LogP contribution is -2.61. The Morgan fingerprint density at radius 2 is 0.545 bits per heavy atom. The molecule has 6 aromatic rings. The molecule has 9 N–H and O–H groups in total. The molecule has 9 aliphatic rings. The van der Waals surface area contributed by atoms with Crippen LogP contribution < -0.4 is 48.2 Å². The van der Waals surface area contributed by atoms with Gasteiger partial charge < -0.3 is 46.1 Å². The van der Waals surface area contributed by atoms with Crippen molar-refractivity contribution >= 4 is 122 Å². The number of hydrazine groups is 3. The number of fused-ring (bicyclic) bond motifs is 12. The molecule has 0 radical (unpaired) electrons. The molecule has 3 spiro atoms. The van der Waals surface area contributed by atoms with Gasteiger partial charge in [0.2, 0.25) is 17.7 Å². The van der Waals surface area contributed by atoms with Crippen molar-refractivity contribution in [2.45, 2.75) is 292 Å². The van der Waals surface area contributed by atoms with Crippen LogP contribution in [0.5, 0.6) is 0 Å². The third-order valence-corrected chi connectivity index (χ3v) is 27.9. The molecule has 9 heterocycles. The molecule has 9 amide bonds. The molecular formula is C102H135N15O15. The van der Waals surface area contributed by atoms with Crippen molar-refractivity contribution in [3.63, 3.8) is 0 Å². The molecule has 3 saturated carbocycles. The van der Waals surface area contributed by atoms with Gasteiger partial charge in [-0.25, -0.2) is 16.3 Å². The number of carbonyl (C=O) groups excluding carboxylic acids is 12. The summed E-state index contributed by atoms with van der Waals surface area (Å²) < 4.78 is 18.0. The van der Waals surface area contributed by atoms with Crippen LogP contribution in [0.25, 0.3) is 50.9 Å². The predicted molar refractivity (Wildman–Crippen MR) is 503 cm³/mol. The number of amides is 9. The Balaban J connectivity index is 0.000000168. The molecule has 4 unspecified atom stereocenters. The Bertz CT molecular complexity index is 4860. The molecule has 3 aromatic carbocycles. The van der Waals surface area contributed by atoms with Gasteiger partial charge in [0.15, 0.2) is 18.3 Å². The molecular weight excluding hydrogens is 1680 g/mol. The lowest BCUT2D eigenvalue weighted by molar-refractivity contribution is -0.168. The number of aromatic nitrogens is 3. The first-order valence-electron chi connectivity index (χ1n) is 47.8. The zero-order chi connectivity index (χ0) is 94.8. The highest BCUT2D eigenvalue weighted by Gasteiger charge is 2.48. The number of cyclic esters (lactones) is 3. The number of pyridine rings is 3. The van der Waals surface area contributed by atoms with E-state index in [1.165, 1.54) is 15.0 Å². The Morgan fingerprint density at radius 3 is 0.788 bits per heavy atom. The molecule has 30 heteroatoms. The Kier molecular flexibility index (Phi) is 31.7. The first kappa shape index (κ1) is 98.1. The van der Waals surface area contributed by atoms with Crippen LogP contribution in [0.15, 0.2) is 109 Å². The summed E-state index contributed by atoms with van der Waals surface area (Å²) in [5, 5.41) is 24.5. The normalized spacial score (nSPS) is 31.5. The van der Waals surface area contributed by atoms with Gasteiger partial charge in [-0.3, -0.25) is 87.5 Å². The number of hydrogen-bond donors (Lipinski definition) is 9. The summed E-state index contributed by atoms with van der Waals surface area (Å²) in [4.78, 5) is 177. The number of carbonyl (C=O) groups is 12. The van der Waals surface area contributed by atoms with Gasteiger partial charge in [-0.05, 0) is 246 Å². The zero-order valence-corrected chi connectivity index (χ0v) is 79.2. The van der Waals surface area contributed by atoms with Crippen LogP contribution in [0.2, 0.25) is 0 Å². The third-order valence-electron chi connectivity index (χ3n) is 27.9. The fraction of sp³-hybridized carbons (Fsp3) is 0.559. The summed E-state index contributed by atoms with van der Waals surface area (Å²) in [6.07, 6.45) is 21.1. The van der Waals surface area contributed by atoms with Gasteiger partial charge >= 0.3 is 17.9 Å². The van der Waals surface area contributed by atoms with Crippen LogP contribution in [0.1, 0.15) is 271 Å². The van der Waals surface area contributed by atoms with Crippen LogP contribution in [0, 0.1) is 51.8 Å². The molecule has 15 bridgehead atoms. The second kappa shape index (κ2) is 42.7. The van der Waals surface area contributed by atoms with Gasteiger partial charge in [-0.2, -0.15) is 0 Å². The number of nitrogens with zero attached hydrogens (tertiary/aromatic N) is 6. The van der Waals surface area contributed by atoms with E-state index in [2.05, 4.69) is 68.9 Å². The van der Waals surface area contributed by atoms with Crippen LogP contribution in [0.4, 0.5) is 0 Å².